The van der Waals surface area contributed by atoms with Crippen molar-refractivity contribution in [3.63, 3.8) is 0 Å². The number of nitrogens with zero attached hydrogens (tertiary/aromatic N) is 2. The summed E-state index contributed by atoms with van der Waals surface area (Å²) in [6, 6.07) is 13.6. The number of hydrogen-bond donors (Lipinski definition) is 2. The maximum Gasteiger partial charge on any atom is 0.274 e. The van der Waals surface area contributed by atoms with E-state index in [0.29, 0.717) is 43.2 Å². The number of thioether (sulfide) groups is 1. The third kappa shape index (κ3) is 4.50. The van der Waals surface area contributed by atoms with Gasteiger partial charge in [-0.15, -0.1) is 23.1 Å². The maximum absolute atomic E-state index is 13.6. The molecule has 7 nitrogen and oxygen atoms in total. The smallest absolute Gasteiger partial charge is 0.274 e. The summed E-state index contributed by atoms with van der Waals surface area (Å²) >= 11 is 3.21. The number of aromatic nitrogens is 1. The highest BCUT2D eigenvalue weighted by atomic mass is 32.2. The molecule has 34 heavy (non-hydrogen) atoms. The zero-order valence-electron chi connectivity index (χ0n) is 19.1. The molecule has 1 unspecified atom stereocenters. The van der Waals surface area contributed by atoms with E-state index in [-0.39, 0.29) is 17.2 Å². The number of aryl methyl sites for hydroxylation is 2. The average molecular weight is 495 g/mol. The van der Waals surface area contributed by atoms with Crippen LogP contribution in [0.1, 0.15) is 31.4 Å². The van der Waals surface area contributed by atoms with Crippen LogP contribution in [0.3, 0.4) is 0 Å². The average Bonchev–Trinajstić information content (AvgIpc) is 3.48. The van der Waals surface area contributed by atoms with E-state index < -0.39 is 0 Å². The first-order valence-corrected chi connectivity index (χ1v) is 13.1. The molecule has 0 aliphatic carbocycles. The molecule has 2 amide bonds. The van der Waals surface area contributed by atoms with E-state index in [1.165, 1.54) is 11.3 Å². The molecule has 1 fully saturated rings. The lowest BCUT2D eigenvalue weighted by Crippen LogP contribution is -2.42. The van der Waals surface area contributed by atoms with E-state index in [1.807, 2.05) is 49.1 Å². The number of ether oxygens (including phenoxy) is 1. The summed E-state index contributed by atoms with van der Waals surface area (Å²) in [4.78, 5) is 33.8. The van der Waals surface area contributed by atoms with Crippen LogP contribution >= 0.6 is 23.1 Å². The lowest BCUT2D eigenvalue weighted by molar-refractivity contribution is 0.0746. The minimum absolute atomic E-state index is 0.0882. The van der Waals surface area contributed by atoms with Gasteiger partial charge in [0.05, 0.1) is 26.5 Å². The molecule has 0 saturated carbocycles. The molecule has 0 radical (unpaired) electrons. The number of hydrogen-bond acceptors (Lipinski definition) is 7. The number of carbonyl (C=O) groups excluding carboxylic acids is 2. The third-order valence-electron chi connectivity index (χ3n) is 5.83. The Morgan fingerprint density at radius 2 is 2.09 bits per heavy atom. The fourth-order valence-corrected chi connectivity index (χ4v) is 6.30. The van der Waals surface area contributed by atoms with Crippen molar-refractivity contribution in [3.05, 3.63) is 64.3 Å². The van der Waals surface area contributed by atoms with Crippen LogP contribution in [0.5, 0.6) is 5.75 Å². The van der Waals surface area contributed by atoms with E-state index in [9.17, 15) is 9.59 Å². The standard InChI is InChI=1S/C25H26N4O3S2/c1-15-5-3-6-17(13-15)23-21(28-16(2)34-23)25(31)29-10-12-33-20(29)14-27-24(30)18-7-4-8-19-22(18)32-11-9-26-19/h3-8,13,20,26H,9-12,14H2,1-2H3,(H,27,30). The van der Waals surface area contributed by atoms with Crippen LogP contribution in [-0.4, -0.2) is 59.1 Å². The molecule has 5 rings (SSSR count). The molecule has 1 atom stereocenters. The molecule has 2 aromatic carbocycles. The van der Waals surface area contributed by atoms with E-state index in [4.69, 9.17) is 4.74 Å². The van der Waals surface area contributed by atoms with Crippen LogP contribution in [-0.2, 0) is 0 Å². The largest absolute Gasteiger partial charge is 0.489 e. The maximum atomic E-state index is 13.6. The van der Waals surface area contributed by atoms with Gasteiger partial charge in [0.1, 0.15) is 12.3 Å². The van der Waals surface area contributed by atoms with Gasteiger partial charge in [-0.25, -0.2) is 4.98 Å². The van der Waals surface area contributed by atoms with Crippen LogP contribution in [0.25, 0.3) is 10.4 Å². The highest BCUT2D eigenvalue weighted by Gasteiger charge is 2.33. The molecule has 0 spiro atoms. The van der Waals surface area contributed by atoms with E-state index in [2.05, 4.69) is 21.7 Å². The molecule has 9 heteroatoms. The Balaban J connectivity index is 1.32. The van der Waals surface area contributed by atoms with Crippen molar-refractivity contribution in [2.24, 2.45) is 0 Å². The number of para-hydroxylation sites is 1. The van der Waals surface area contributed by atoms with Gasteiger partial charge < -0.3 is 20.3 Å². The fraction of sp³-hybridized carbons (Fsp3) is 0.320. The zero-order chi connectivity index (χ0) is 23.7. The fourth-order valence-electron chi connectivity index (χ4n) is 4.24. The number of fused-ring (bicyclic) bond motifs is 1. The highest BCUT2D eigenvalue weighted by molar-refractivity contribution is 8.00. The number of thiazole rings is 1. The number of rotatable bonds is 5. The van der Waals surface area contributed by atoms with Crippen molar-refractivity contribution in [2.45, 2.75) is 19.2 Å². The third-order valence-corrected chi connectivity index (χ3v) is 8.07. The van der Waals surface area contributed by atoms with Gasteiger partial charge in [0.25, 0.3) is 11.8 Å². The SMILES string of the molecule is Cc1cccc(-c2sc(C)nc2C(=O)N2CCSC2CNC(=O)c2cccc3c2OCCN3)c1. The molecular weight excluding hydrogens is 468 g/mol. The first-order chi connectivity index (χ1) is 16.5. The van der Waals surface area contributed by atoms with Crippen molar-refractivity contribution in [2.75, 3.05) is 37.3 Å². The summed E-state index contributed by atoms with van der Waals surface area (Å²) in [7, 11) is 0. The Hall–Kier alpha value is -3.04. The minimum Gasteiger partial charge on any atom is -0.489 e. The summed E-state index contributed by atoms with van der Waals surface area (Å²) in [5.74, 6) is 1.11. The van der Waals surface area contributed by atoms with E-state index in [1.54, 1.807) is 17.8 Å². The predicted molar refractivity (Wildman–Crippen MR) is 137 cm³/mol. The van der Waals surface area contributed by atoms with Crippen molar-refractivity contribution in [1.82, 2.24) is 15.2 Å². The number of benzene rings is 2. The Morgan fingerprint density at radius 1 is 1.24 bits per heavy atom. The Labute approximate surface area is 206 Å². The van der Waals surface area contributed by atoms with Gasteiger partial charge in [-0.05, 0) is 31.5 Å². The first-order valence-electron chi connectivity index (χ1n) is 11.3. The van der Waals surface area contributed by atoms with Crippen LogP contribution in [0, 0.1) is 13.8 Å². The second-order valence-corrected chi connectivity index (χ2v) is 10.8. The van der Waals surface area contributed by atoms with Crippen molar-refractivity contribution < 1.29 is 14.3 Å². The normalized spacial score (nSPS) is 17.0. The van der Waals surface area contributed by atoms with Crippen LogP contribution < -0.4 is 15.4 Å². The van der Waals surface area contributed by atoms with E-state index >= 15 is 0 Å². The molecule has 1 saturated heterocycles. The number of anilines is 1. The first kappa shape index (κ1) is 22.7. The highest BCUT2D eigenvalue weighted by Crippen LogP contribution is 2.34. The molecule has 2 aliphatic heterocycles. The summed E-state index contributed by atoms with van der Waals surface area (Å²) in [5.41, 5.74) is 3.97. The van der Waals surface area contributed by atoms with Gasteiger partial charge in [0.15, 0.2) is 5.75 Å². The second-order valence-electron chi connectivity index (χ2n) is 8.27. The van der Waals surface area contributed by atoms with Gasteiger partial charge in [-0.1, -0.05) is 35.9 Å². The predicted octanol–water partition coefficient (Wildman–Crippen LogP) is 4.18. The number of carbonyl (C=O) groups is 2. The van der Waals surface area contributed by atoms with Crippen LogP contribution in [0.2, 0.25) is 0 Å². The van der Waals surface area contributed by atoms with Crippen molar-refractivity contribution in [3.8, 4) is 16.2 Å². The van der Waals surface area contributed by atoms with Crippen molar-refractivity contribution >= 4 is 40.6 Å². The van der Waals surface area contributed by atoms with Gasteiger partial charge in [0.2, 0.25) is 0 Å². The summed E-state index contributed by atoms with van der Waals surface area (Å²) in [6.07, 6.45) is 0. The van der Waals surface area contributed by atoms with Crippen LogP contribution in [0.4, 0.5) is 5.69 Å². The molecule has 3 aromatic rings. The Bertz CT molecular complexity index is 1240. The molecule has 176 valence electrons. The second kappa shape index (κ2) is 9.68. The molecule has 3 heterocycles. The molecule has 2 aliphatic rings. The summed E-state index contributed by atoms with van der Waals surface area (Å²) < 4.78 is 5.73. The number of amides is 2. The lowest BCUT2D eigenvalue weighted by atomic mass is 10.1. The van der Waals surface area contributed by atoms with Crippen LogP contribution in [0.15, 0.2) is 42.5 Å². The van der Waals surface area contributed by atoms with Crippen molar-refractivity contribution in [1.29, 1.82) is 0 Å². The zero-order valence-corrected chi connectivity index (χ0v) is 20.7. The quantitative estimate of drug-likeness (QED) is 0.554. The van der Waals surface area contributed by atoms with E-state index in [0.717, 1.165) is 32.5 Å². The summed E-state index contributed by atoms with van der Waals surface area (Å²) in [5, 5.41) is 6.97. The Kier molecular flexibility index (Phi) is 6.47. The molecule has 2 N–H and O–H groups in total. The molecule has 0 bridgehead atoms. The lowest BCUT2D eigenvalue weighted by Gasteiger charge is -2.25. The van der Waals surface area contributed by atoms with Gasteiger partial charge in [-0.2, -0.15) is 0 Å². The Morgan fingerprint density at radius 3 is 2.94 bits per heavy atom. The number of nitrogens with one attached hydrogen (secondary N) is 2. The van der Waals surface area contributed by atoms with Gasteiger partial charge in [0, 0.05) is 25.4 Å². The minimum atomic E-state index is -0.203. The van der Waals surface area contributed by atoms with Gasteiger partial charge >= 0.3 is 0 Å². The molecule has 1 aromatic heterocycles. The summed E-state index contributed by atoms with van der Waals surface area (Å²) in [6.45, 7) is 6.19. The topological polar surface area (TPSA) is 83.6 Å². The monoisotopic (exact) mass is 494 g/mol. The molecular formula is C25H26N4O3S2. The van der Waals surface area contributed by atoms with Gasteiger partial charge in [-0.3, -0.25) is 9.59 Å².